The average Bonchev–Trinajstić information content (AvgIpc) is 3.33. The summed E-state index contributed by atoms with van der Waals surface area (Å²) < 4.78 is 11.5. The first-order chi connectivity index (χ1) is 16.9. The lowest BCUT2D eigenvalue weighted by Crippen LogP contribution is -2.36. The number of hydrogen-bond donors (Lipinski definition) is 2. The summed E-state index contributed by atoms with van der Waals surface area (Å²) in [5.41, 5.74) is 1.65. The van der Waals surface area contributed by atoms with Crippen LogP contribution < -0.4 is 14.3 Å². The summed E-state index contributed by atoms with van der Waals surface area (Å²) in [5.74, 6) is -2.90. The van der Waals surface area contributed by atoms with Crippen molar-refractivity contribution >= 4 is 40.9 Å². The highest BCUT2D eigenvalue weighted by Gasteiger charge is 2.56. The minimum Gasteiger partial charge on any atom is -0.493 e. The SMILES string of the molecule is COc1cc([C@@H]2c3sc(=O)[nH]c3SC3C(=O)N(CC(=O)O)C(=O)C32)ccc1OCc1ccccc1. The van der Waals surface area contributed by atoms with Crippen molar-refractivity contribution in [2.45, 2.75) is 22.8 Å². The fraction of sp³-hybridized carbons (Fsp3) is 0.250. The van der Waals surface area contributed by atoms with E-state index in [0.29, 0.717) is 33.6 Å². The number of thiazole rings is 1. The van der Waals surface area contributed by atoms with Gasteiger partial charge in [-0.1, -0.05) is 59.5 Å². The number of methoxy groups -OCH3 is 1. The van der Waals surface area contributed by atoms with Crippen LogP contribution in [0, 0.1) is 5.92 Å². The molecule has 3 atom stereocenters. The third kappa shape index (κ3) is 4.21. The van der Waals surface area contributed by atoms with Crippen LogP contribution in [0.1, 0.15) is 21.9 Å². The number of ether oxygens (including phenoxy) is 2. The number of aliphatic carboxylic acids is 1. The van der Waals surface area contributed by atoms with E-state index in [1.807, 2.05) is 30.3 Å². The van der Waals surface area contributed by atoms with E-state index in [2.05, 4.69) is 4.98 Å². The topological polar surface area (TPSA) is 126 Å². The molecule has 11 heteroatoms. The van der Waals surface area contributed by atoms with E-state index in [1.165, 1.54) is 7.11 Å². The molecule has 2 unspecified atom stereocenters. The van der Waals surface area contributed by atoms with Crippen LogP contribution in [-0.2, 0) is 21.0 Å². The molecule has 3 aromatic rings. The summed E-state index contributed by atoms with van der Waals surface area (Å²) in [5, 5.41) is 8.89. The molecule has 0 saturated carbocycles. The second kappa shape index (κ2) is 9.23. The second-order valence-corrected chi connectivity index (χ2v) is 10.3. The van der Waals surface area contributed by atoms with Crippen molar-refractivity contribution in [2.24, 2.45) is 5.92 Å². The molecular formula is C24H20N2O7S2. The maximum absolute atomic E-state index is 13.3. The summed E-state index contributed by atoms with van der Waals surface area (Å²) in [4.78, 5) is 53.6. The third-order valence-electron chi connectivity index (χ3n) is 5.99. The number of fused-ring (bicyclic) bond motifs is 2. The van der Waals surface area contributed by atoms with Crippen molar-refractivity contribution in [1.82, 2.24) is 9.88 Å². The molecule has 0 radical (unpaired) electrons. The van der Waals surface area contributed by atoms with Crippen LogP contribution in [0.2, 0.25) is 0 Å². The lowest BCUT2D eigenvalue weighted by atomic mass is 9.83. The van der Waals surface area contributed by atoms with E-state index in [4.69, 9.17) is 9.47 Å². The van der Waals surface area contributed by atoms with Crippen LogP contribution in [0.5, 0.6) is 11.5 Å². The molecule has 2 aromatic carbocycles. The van der Waals surface area contributed by atoms with Gasteiger partial charge in [0.1, 0.15) is 18.4 Å². The van der Waals surface area contributed by atoms with Gasteiger partial charge in [0.2, 0.25) is 11.8 Å². The molecule has 1 fully saturated rings. The average molecular weight is 513 g/mol. The normalized spacial score (nSPS) is 20.9. The predicted molar refractivity (Wildman–Crippen MR) is 128 cm³/mol. The van der Waals surface area contributed by atoms with Crippen molar-refractivity contribution in [3.8, 4) is 11.5 Å². The van der Waals surface area contributed by atoms with E-state index >= 15 is 0 Å². The summed E-state index contributed by atoms with van der Waals surface area (Å²) in [7, 11) is 1.51. The van der Waals surface area contributed by atoms with Gasteiger partial charge < -0.3 is 19.6 Å². The molecule has 0 spiro atoms. The zero-order chi connectivity index (χ0) is 24.7. The third-order valence-corrected chi connectivity index (χ3v) is 8.39. The van der Waals surface area contributed by atoms with E-state index < -0.39 is 41.4 Å². The summed E-state index contributed by atoms with van der Waals surface area (Å²) >= 11 is 2.09. The van der Waals surface area contributed by atoms with E-state index in [1.54, 1.807) is 18.2 Å². The highest BCUT2D eigenvalue weighted by atomic mass is 32.2. The van der Waals surface area contributed by atoms with Gasteiger partial charge in [0.25, 0.3) is 0 Å². The Morgan fingerprint density at radius 2 is 1.86 bits per heavy atom. The van der Waals surface area contributed by atoms with Crippen LogP contribution in [-0.4, -0.2) is 51.7 Å². The number of thioether (sulfide) groups is 1. The van der Waals surface area contributed by atoms with E-state index in [0.717, 1.165) is 33.6 Å². The maximum Gasteiger partial charge on any atom is 0.323 e. The fourth-order valence-electron chi connectivity index (χ4n) is 4.46. The molecule has 35 heavy (non-hydrogen) atoms. The molecule has 2 N–H and O–H groups in total. The molecule has 2 aliphatic heterocycles. The molecule has 0 bridgehead atoms. The van der Waals surface area contributed by atoms with Gasteiger partial charge in [0.05, 0.1) is 18.1 Å². The number of carboxylic acid groups (broad SMARTS) is 1. The number of benzene rings is 2. The lowest BCUT2D eigenvalue weighted by Gasteiger charge is -2.30. The molecule has 2 aliphatic rings. The monoisotopic (exact) mass is 512 g/mol. The first-order valence-corrected chi connectivity index (χ1v) is 12.4. The number of carbonyl (C=O) groups excluding carboxylic acids is 2. The minimum atomic E-state index is -1.27. The van der Waals surface area contributed by atoms with Crippen molar-refractivity contribution < 1.29 is 29.0 Å². The number of rotatable bonds is 7. The molecule has 1 aromatic heterocycles. The van der Waals surface area contributed by atoms with Gasteiger partial charge in [-0.15, -0.1) is 0 Å². The Balaban J connectivity index is 1.52. The number of carboxylic acids is 1. The number of aromatic amines is 1. The van der Waals surface area contributed by atoms with Crippen molar-refractivity contribution in [1.29, 1.82) is 0 Å². The van der Waals surface area contributed by atoms with Crippen LogP contribution >= 0.6 is 23.1 Å². The molecule has 180 valence electrons. The lowest BCUT2D eigenvalue weighted by molar-refractivity contribution is -0.149. The molecule has 5 rings (SSSR count). The number of H-pyrrole nitrogens is 1. The molecule has 9 nitrogen and oxygen atoms in total. The van der Waals surface area contributed by atoms with Gasteiger partial charge in [-0.05, 0) is 23.3 Å². The quantitative estimate of drug-likeness (QED) is 0.463. The van der Waals surface area contributed by atoms with Gasteiger partial charge in [0.15, 0.2) is 11.5 Å². The zero-order valence-electron chi connectivity index (χ0n) is 18.4. The van der Waals surface area contributed by atoms with Gasteiger partial charge in [0, 0.05) is 10.8 Å². The molecular weight excluding hydrogens is 492 g/mol. The van der Waals surface area contributed by atoms with Crippen LogP contribution in [0.4, 0.5) is 0 Å². The Bertz CT molecular complexity index is 1370. The fourth-order valence-corrected chi connectivity index (χ4v) is 6.99. The van der Waals surface area contributed by atoms with E-state index in [-0.39, 0.29) is 4.87 Å². The number of nitrogens with one attached hydrogen (secondary N) is 1. The highest BCUT2D eigenvalue weighted by molar-refractivity contribution is 8.00. The number of amides is 2. The summed E-state index contributed by atoms with van der Waals surface area (Å²) in [6.45, 7) is -0.361. The van der Waals surface area contributed by atoms with Crippen LogP contribution in [0.15, 0.2) is 58.4 Å². The van der Waals surface area contributed by atoms with Gasteiger partial charge >= 0.3 is 10.8 Å². The van der Waals surface area contributed by atoms with Crippen molar-refractivity contribution in [3.63, 3.8) is 0 Å². The van der Waals surface area contributed by atoms with Crippen molar-refractivity contribution in [2.75, 3.05) is 13.7 Å². The number of aromatic nitrogens is 1. The standard InChI is InChI=1S/C24H20N2O7S2/c1-32-15-9-13(7-8-14(15)33-11-12-5-3-2-4-6-12)17-18-20(34-21-19(17)35-24(31)25-21)23(30)26(22(18)29)10-16(27)28/h2-9,17-18,20H,10-11H2,1H3,(H,25,31)(H,27,28)/t17-,18?,20?/m0/s1. The number of hydrogen-bond acceptors (Lipinski definition) is 8. The second-order valence-electron chi connectivity index (χ2n) is 8.09. The summed E-state index contributed by atoms with van der Waals surface area (Å²) in [6.07, 6.45) is 0. The molecule has 2 amide bonds. The molecule has 1 saturated heterocycles. The van der Waals surface area contributed by atoms with E-state index in [9.17, 15) is 24.3 Å². The first-order valence-electron chi connectivity index (χ1n) is 10.7. The zero-order valence-corrected chi connectivity index (χ0v) is 20.1. The Morgan fingerprint density at radius 1 is 1.09 bits per heavy atom. The molecule has 3 heterocycles. The van der Waals surface area contributed by atoms with Gasteiger partial charge in [-0.25, -0.2) is 0 Å². The number of carbonyl (C=O) groups is 3. The number of nitrogens with zero attached hydrogens (tertiary/aromatic N) is 1. The minimum absolute atomic E-state index is 0.287. The van der Waals surface area contributed by atoms with Gasteiger partial charge in [-0.2, -0.15) is 0 Å². The highest BCUT2D eigenvalue weighted by Crippen LogP contribution is 2.53. The number of likely N-dealkylation sites (tertiary alicyclic amines) is 1. The van der Waals surface area contributed by atoms with Gasteiger partial charge in [-0.3, -0.25) is 24.1 Å². The number of imide groups is 1. The van der Waals surface area contributed by atoms with Crippen LogP contribution in [0.25, 0.3) is 0 Å². The smallest absolute Gasteiger partial charge is 0.323 e. The van der Waals surface area contributed by atoms with Crippen molar-refractivity contribution in [3.05, 3.63) is 74.2 Å². The Kier molecular flexibility index (Phi) is 6.12. The molecule has 0 aliphatic carbocycles. The maximum atomic E-state index is 13.3. The summed E-state index contributed by atoms with van der Waals surface area (Å²) in [6, 6.07) is 14.9. The Hall–Kier alpha value is -3.57. The first kappa shape index (κ1) is 23.2. The Morgan fingerprint density at radius 3 is 2.57 bits per heavy atom. The predicted octanol–water partition coefficient (Wildman–Crippen LogP) is 2.70. The largest absolute Gasteiger partial charge is 0.493 e. The Labute approximate surface area is 207 Å². The van der Waals surface area contributed by atoms with Crippen LogP contribution in [0.3, 0.4) is 0 Å².